The minimum absolute atomic E-state index is 0.0577. The number of hydrogen-bond acceptors (Lipinski definition) is 6. The lowest BCUT2D eigenvalue weighted by Gasteiger charge is -2.30. The second-order valence-electron chi connectivity index (χ2n) is 8.31. The molecule has 0 aromatic carbocycles. The molecule has 0 amide bonds. The fourth-order valence-electron chi connectivity index (χ4n) is 4.05. The predicted molar refractivity (Wildman–Crippen MR) is 115 cm³/mol. The molecule has 0 saturated heterocycles. The van der Waals surface area contributed by atoms with E-state index in [1.54, 1.807) is 0 Å². The number of unbranched alkanes of at least 4 members (excludes halogenated alkanes) is 6. The van der Waals surface area contributed by atoms with E-state index in [0.717, 1.165) is 0 Å². The first-order chi connectivity index (χ1) is 15.9. The van der Waals surface area contributed by atoms with Gasteiger partial charge in [0.15, 0.2) is 0 Å². The summed E-state index contributed by atoms with van der Waals surface area (Å²) in [5.41, 5.74) is 0. The smallest absolute Gasteiger partial charge is 0.308 e. The summed E-state index contributed by atoms with van der Waals surface area (Å²) in [5.74, 6) is -15.6. The van der Waals surface area contributed by atoms with Crippen molar-refractivity contribution in [3.63, 3.8) is 0 Å². The van der Waals surface area contributed by atoms with Crippen LogP contribution in [0.5, 0.6) is 0 Å². The topological polar surface area (TPSA) is 224 Å². The molecule has 4 unspecified atom stereocenters. The van der Waals surface area contributed by atoms with E-state index in [-0.39, 0.29) is 38.5 Å². The van der Waals surface area contributed by atoms with Gasteiger partial charge in [0, 0.05) is 12.8 Å². The third-order valence-electron chi connectivity index (χ3n) is 5.77. The molecule has 0 aliphatic rings. The lowest BCUT2D eigenvalue weighted by atomic mass is 9.71. The molecule has 0 rings (SSSR count). The van der Waals surface area contributed by atoms with Crippen LogP contribution in [0.3, 0.4) is 0 Å². The highest BCUT2D eigenvalue weighted by atomic mass is 16.4. The van der Waals surface area contributed by atoms with Crippen LogP contribution in [0.15, 0.2) is 0 Å². The van der Waals surface area contributed by atoms with E-state index < -0.39 is 59.5 Å². The summed E-state index contributed by atoms with van der Waals surface area (Å²) in [4.78, 5) is 68.7. The normalized spacial score (nSPS) is 14.5. The van der Waals surface area contributed by atoms with Crippen molar-refractivity contribution in [1.29, 1.82) is 0 Å². The molecule has 0 aliphatic carbocycles. The number of carboxylic acids is 6. The summed E-state index contributed by atoms with van der Waals surface area (Å²) in [6, 6.07) is 0. The van der Waals surface area contributed by atoms with Gasteiger partial charge < -0.3 is 30.6 Å². The van der Waals surface area contributed by atoms with E-state index in [0.29, 0.717) is 38.5 Å². The zero-order valence-electron chi connectivity index (χ0n) is 18.9. The van der Waals surface area contributed by atoms with E-state index in [4.69, 9.17) is 10.2 Å². The third kappa shape index (κ3) is 12.2. The van der Waals surface area contributed by atoms with Crippen molar-refractivity contribution in [1.82, 2.24) is 0 Å². The Bertz CT molecular complexity index is 657. The standard InChI is InChI=1S/C22H34O12/c23-15(24)11-7-3-1-5-9-13(19(27)28)17(21(31)32)18(22(33)34)14(20(29)30)10-6-2-4-8-12-16(25)26/h13-14,17-18H,1-12H2,(H,23,24)(H,25,26)(H,27,28)(H,29,30)(H,31,32)(H,33,34). The summed E-state index contributed by atoms with van der Waals surface area (Å²) in [6.07, 6.45) is 2.44. The van der Waals surface area contributed by atoms with Crippen molar-refractivity contribution in [2.75, 3.05) is 0 Å². The minimum atomic E-state index is -1.97. The molecule has 0 fully saturated rings. The Morgan fingerprint density at radius 3 is 0.941 bits per heavy atom. The van der Waals surface area contributed by atoms with Gasteiger partial charge in [-0.05, 0) is 25.7 Å². The molecular formula is C22H34O12. The van der Waals surface area contributed by atoms with E-state index in [9.17, 15) is 49.2 Å². The van der Waals surface area contributed by atoms with Crippen LogP contribution in [0.1, 0.15) is 77.0 Å². The van der Waals surface area contributed by atoms with Gasteiger partial charge in [-0.15, -0.1) is 0 Å². The molecule has 0 spiro atoms. The van der Waals surface area contributed by atoms with Gasteiger partial charge in [-0.25, -0.2) is 0 Å². The van der Waals surface area contributed by atoms with E-state index in [2.05, 4.69) is 0 Å². The highest BCUT2D eigenvalue weighted by molar-refractivity contribution is 5.88. The number of rotatable bonds is 21. The number of carbonyl (C=O) groups is 6. The van der Waals surface area contributed by atoms with Gasteiger partial charge >= 0.3 is 35.8 Å². The maximum absolute atomic E-state index is 12.0. The van der Waals surface area contributed by atoms with E-state index in [1.165, 1.54) is 0 Å². The zero-order chi connectivity index (χ0) is 26.3. The molecule has 0 aliphatic heterocycles. The fraction of sp³-hybridized carbons (Fsp3) is 0.727. The lowest BCUT2D eigenvalue weighted by molar-refractivity contribution is -0.168. The van der Waals surface area contributed by atoms with Crippen LogP contribution in [0, 0.1) is 23.7 Å². The fourth-order valence-corrected chi connectivity index (χ4v) is 4.05. The molecule has 0 aromatic rings. The monoisotopic (exact) mass is 490 g/mol. The summed E-state index contributed by atoms with van der Waals surface area (Å²) >= 11 is 0. The molecular weight excluding hydrogens is 456 g/mol. The largest absolute Gasteiger partial charge is 0.481 e. The Labute approximate surface area is 196 Å². The highest BCUT2D eigenvalue weighted by Crippen LogP contribution is 2.35. The van der Waals surface area contributed by atoms with Gasteiger partial charge in [-0.1, -0.05) is 38.5 Å². The average molecular weight is 491 g/mol. The van der Waals surface area contributed by atoms with Crippen molar-refractivity contribution in [3.05, 3.63) is 0 Å². The predicted octanol–water partition coefficient (Wildman–Crippen LogP) is 2.64. The molecule has 0 aromatic heterocycles. The molecule has 194 valence electrons. The van der Waals surface area contributed by atoms with E-state index >= 15 is 0 Å². The molecule has 0 saturated carbocycles. The molecule has 0 heterocycles. The molecule has 0 bridgehead atoms. The summed E-state index contributed by atoms with van der Waals surface area (Å²) in [5, 5.41) is 55.9. The Morgan fingerprint density at radius 1 is 0.412 bits per heavy atom. The van der Waals surface area contributed by atoms with Crippen LogP contribution in [0.2, 0.25) is 0 Å². The van der Waals surface area contributed by atoms with E-state index in [1.807, 2.05) is 0 Å². The molecule has 12 nitrogen and oxygen atoms in total. The SMILES string of the molecule is O=C(O)CCCCCCC(C(=O)O)C(C(=O)O)C(C(=O)O)C(CCCCCCC(=O)O)C(=O)O. The van der Waals surface area contributed by atoms with Gasteiger partial charge in [0.05, 0.1) is 23.7 Å². The van der Waals surface area contributed by atoms with Crippen molar-refractivity contribution in [2.45, 2.75) is 77.0 Å². The molecule has 6 N–H and O–H groups in total. The Morgan fingerprint density at radius 2 is 0.706 bits per heavy atom. The molecule has 34 heavy (non-hydrogen) atoms. The first-order valence-electron chi connectivity index (χ1n) is 11.2. The van der Waals surface area contributed by atoms with Crippen LogP contribution >= 0.6 is 0 Å². The molecule has 12 heteroatoms. The van der Waals surface area contributed by atoms with Crippen LogP contribution in [0.25, 0.3) is 0 Å². The Kier molecular flexibility index (Phi) is 14.9. The maximum atomic E-state index is 12.0. The van der Waals surface area contributed by atoms with Crippen molar-refractivity contribution >= 4 is 35.8 Å². The van der Waals surface area contributed by atoms with Crippen molar-refractivity contribution in [3.8, 4) is 0 Å². The summed E-state index contributed by atoms with van der Waals surface area (Å²) in [6.45, 7) is 0. The molecule has 0 radical (unpaired) electrons. The van der Waals surface area contributed by atoms with Crippen molar-refractivity contribution in [2.24, 2.45) is 23.7 Å². The van der Waals surface area contributed by atoms with Crippen molar-refractivity contribution < 1.29 is 59.4 Å². The van der Waals surface area contributed by atoms with Crippen LogP contribution in [-0.4, -0.2) is 66.5 Å². The second kappa shape index (κ2) is 16.4. The Balaban J connectivity index is 5.38. The summed E-state index contributed by atoms with van der Waals surface area (Å²) < 4.78 is 0. The van der Waals surface area contributed by atoms with Crippen LogP contribution in [0.4, 0.5) is 0 Å². The van der Waals surface area contributed by atoms with Gasteiger partial charge in [0.25, 0.3) is 0 Å². The maximum Gasteiger partial charge on any atom is 0.308 e. The second-order valence-corrected chi connectivity index (χ2v) is 8.31. The first kappa shape index (κ1) is 30.8. The minimum Gasteiger partial charge on any atom is -0.481 e. The van der Waals surface area contributed by atoms with Gasteiger partial charge in [0.1, 0.15) is 0 Å². The van der Waals surface area contributed by atoms with Crippen LogP contribution in [-0.2, 0) is 28.8 Å². The Hall–Kier alpha value is -3.18. The summed E-state index contributed by atoms with van der Waals surface area (Å²) in [7, 11) is 0. The third-order valence-corrected chi connectivity index (χ3v) is 5.77. The van der Waals surface area contributed by atoms with Crippen LogP contribution < -0.4 is 0 Å². The quantitative estimate of drug-likeness (QED) is 0.128. The number of carboxylic acid groups (broad SMARTS) is 6. The zero-order valence-corrected chi connectivity index (χ0v) is 18.9. The molecule has 4 atom stereocenters. The van der Waals surface area contributed by atoms with Gasteiger partial charge in [0.2, 0.25) is 0 Å². The number of hydrogen-bond donors (Lipinski definition) is 6. The van der Waals surface area contributed by atoms with Gasteiger partial charge in [-0.2, -0.15) is 0 Å². The lowest BCUT2D eigenvalue weighted by Crippen LogP contribution is -2.44. The average Bonchev–Trinajstić information content (AvgIpc) is 2.71. The van der Waals surface area contributed by atoms with Gasteiger partial charge in [-0.3, -0.25) is 28.8 Å². The number of aliphatic carboxylic acids is 6. The first-order valence-corrected chi connectivity index (χ1v) is 11.2. The highest BCUT2D eigenvalue weighted by Gasteiger charge is 2.48.